The Morgan fingerprint density at radius 1 is 1.08 bits per heavy atom. The molecule has 0 atom stereocenters. The summed E-state index contributed by atoms with van der Waals surface area (Å²) in [4.78, 5) is 16.6. The Bertz CT molecular complexity index is 692. The molecule has 2 aromatic carbocycles. The molecule has 1 fully saturated rings. The number of carbonyl (C=O) groups excluding carboxylic acids is 1. The molecule has 0 N–H and O–H groups in total. The van der Waals surface area contributed by atoms with Gasteiger partial charge in [0.1, 0.15) is 0 Å². The first-order valence-electron chi connectivity index (χ1n) is 9.43. The van der Waals surface area contributed by atoms with E-state index >= 15 is 0 Å². The van der Waals surface area contributed by atoms with Gasteiger partial charge >= 0.3 is 5.97 Å². The van der Waals surface area contributed by atoms with Gasteiger partial charge in [-0.2, -0.15) is 0 Å². The lowest BCUT2D eigenvalue weighted by molar-refractivity contribution is 0.0526. The van der Waals surface area contributed by atoms with Crippen LogP contribution in [0.3, 0.4) is 0 Å². The normalized spacial score (nSPS) is 15.3. The molecule has 0 spiro atoms. The highest BCUT2D eigenvalue weighted by atomic mass is 16.5. The van der Waals surface area contributed by atoms with E-state index < -0.39 is 0 Å². The molecule has 4 heteroatoms. The highest BCUT2D eigenvalue weighted by Gasteiger charge is 2.22. The molecule has 0 radical (unpaired) electrons. The summed E-state index contributed by atoms with van der Waals surface area (Å²) >= 11 is 0. The van der Waals surface area contributed by atoms with Crippen molar-refractivity contribution in [3.63, 3.8) is 0 Å². The topological polar surface area (TPSA) is 32.8 Å². The highest BCUT2D eigenvalue weighted by Crippen LogP contribution is 2.23. The lowest BCUT2D eigenvalue weighted by Gasteiger charge is -2.38. The van der Waals surface area contributed by atoms with E-state index in [-0.39, 0.29) is 5.97 Å². The molecule has 0 saturated carbocycles. The minimum Gasteiger partial charge on any atom is -0.462 e. The third kappa shape index (κ3) is 4.64. The monoisotopic (exact) mass is 352 g/mol. The lowest BCUT2D eigenvalue weighted by atomic mass is 10.0. The number of anilines is 1. The van der Waals surface area contributed by atoms with Crippen LogP contribution in [0.15, 0.2) is 54.6 Å². The van der Waals surface area contributed by atoms with Gasteiger partial charge in [-0.05, 0) is 56.6 Å². The number of rotatable bonds is 6. The molecule has 138 valence electrons. The molecular weight excluding hydrogens is 324 g/mol. The molecule has 0 bridgehead atoms. The fraction of sp³-hybridized carbons (Fsp3) is 0.409. The second kappa shape index (κ2) is 8.86. The number of nitrogens with zero attached hydrogens (tertiary/aromatic N) is 2. The average Bonchev–Trinajstić information content (AvgIpc) is 2.69. The molecule has 26 heavy (non-hydrogen) atoms. The van der Waals surface area contributed by atoms with Gasteiger partial charge in [0.15, 0.2) is 0 Å². The van der Waals surface area contributed by atoms with Gasteiger partial charge in [0.25, 0.3) is 0 Å². The van der Waals surface area contributed by atoms with E-state index in [1.54, 1.807) is 0 Å². The zero-order chi connectivity index (χ0) is 18.4. The summed E-state index contributed by atoms with van der Waals surface area (Å²) in [6.07, 6.45) is 2.31. The zero-order valence-electron chi connectivity index (χ0n) is 15.7. The maximum Gasteiger partial charge on any atom is 0.338 e. The van der Waals surface area contributed by atoms with Crippen molar-refractivity contribution in [2.24, 2.45) is 0 Å². The number of hydrogen-bond donors (Lipinski definition) is 0. The maximum absolute atomic E-state index is 11.8. The fourth-order valence-electron chi connectivity index (χ4n) is 3.59. The lowest BCUT2D eigenvalue weighted by Crippen LogP contribution is -2.43. The Labute approximate surface area is 156 Å². The third-order valence-electron chi connectivity index (χ3n) is 5.11. The van der Waals surface area contributed by atoms with Gasteiger partial charge in [0, 0.05) is 31.4 Å². The highest BCUT2D eigenvalue weighted by molar-refractivity contribution is 5.89. The van der Waals surface area contributed by atoms with Crippen LogP contribution in [0.5, 0.6) is 0 Å². The van der Waals surface area contributed by atoms with Crippen molar-refractivity contribution in [1.82, 2.24) is 4.90 Å². The van der Waals surface area contributed by atoms with Crippen molar-refractivity contribution < 1.29 is 9.53 Å². The van der Waals surface area contributed by atoms with Gasteiger partial charge in [-0.15, -0.1) is 0 Å². The third-order valence-corrected chi connectivity index (χ3v) is 5.11. The van der Waals surface area contributed by atoms with Crippen molar-refractivity contribution in [1.29, 1.82) is 0 Å². The Hall–Kier alpha value is -2.33. The van der Waals surface area contributed by atoms with Crippen LogP contribution in [0.25, 0.3) is 0 Å². The minimum absolute atomic E-state index is 0.250. The first kappa shape index (κ1) is 18.5. The van der Waals surface area contributed by atoms with Crippen LogP contribution < -0.4 is 4.90 Å². The van der Waals surface area contributed by atoms with E-state index in [9.17, 15) is 4.79 Å². The summed E-state index contributed by atoms with van der Waals surface area (Å²) in [7, 11) is 2.22. The molecule has 0 aliphatic carbocycles. The quantitative estimate of drug-likeness (QED) is 0.737. The Morgan fingerprint density at radius 2 is 1.73 bits per heavy atom. The Morgan fingerprint density at radius 3 is 2.35 bits per heavy atom. The summed E-state index contributed by atoms with van der Waals surface area (Å²) in [6.45, 7) is 5.32. The molecule has 0 aromatic heterocycles. The largest absolute Gasteiger partial charge is 0.462 e. The van der Waals surface area contributed by atoms with Gasteiger partial charge in [0.2, 0.25) is 0 Å². The molecule has 2 aromatic rings. The van der Waals surface area contributed by atoms with Crippen molar-refractivity contribution >= 4 is 11.7 Å². The molecule has 1 saturated heterocycles. The van der Waals surface area contributed by atoms with Gasteiger partial charge in [-0.1, -0.05) is 30.3 Å². The standard InChI is InChI=1S/C22H28N2O2/c1-3-26-22(25)19-9-11-21(12-10-19)24-15-13-20(14-16-24)23(2)17-18-7-5-4-6-8-18/h4-12,20H,3,13-17H2,1-2H3. The van der Waals surface area contributed by atoms with Gasteiger partial charge in [-0.25, -0.2) is 4.79 Å². The summed E-state index contributed by atoms with van der Waals surface area (Å²) in [6, 6.07) is 19.0. The first-order chi connectivity index (χ1) is 12.7. The molecule has 0 amide bonds. The second-order valence-corrected chi connectivity index (χ2v) is 6.89. The molecule has 1 heterocycles. The maximum atomic E-state index is 11.8. The van der Waals surface area contributed by atoms with Crippen molar-refractivity contribution in [2.45, 2.75) is 32.4 Å². The second-order valence-electron chi connectivity index (χ2n) is 6.89. The van der Waals surface area contributed by atoms with E-state index in [0.717, 1.165) is 32.5 Å². The smallest absolute Gasteiger partial charge is 0.338 e. The van der Waals surface area contributed by atoms with Gasteiger partial charge in [-0.3, -0.25) is 4.90 Å². The van der Waals surface area contributed by atoms with Crippen molar-refractivity contribution in [3.05, 3.63) is 65.7 Å². The van der Waals surface area contributed by atoms with Crippen LogP contribution in [0.2, 0.25) is 0 Å². The van der Waals surface area contributed by atoms with E-state index in [1.807, 2.05) is 31.2 Å². The van der Waals surface area contributed by atoms with E-state index in [2.05, 4.69) is 47.2 Å². The van der Waals surface area contributed by atoms with Crippen LogP contribution in [-0.2, 0) is 11.3 Å². The number of hydrogen-bond acceptors (Lipinski definition) is 4. The zero-order valence-corrected chi connectivity index (χ0v) is 15.7. The van der Waals surface area contributed by atoms with Crippen LogP contribution in [0, 0.1) is 0 Å². The van der Waals surface area contributed by atoms with E-state index in [0.29, 0.717) is 18.2 Å². The van der Waals surface area contributed by atoms with E-state index in [1.165, 1.54) is 11.3 Å². The molecule has 3 rings (SSSR count). The number of esters is 1. The number of ether oxygens (including phenoxy) is 1. The van der Waals surface area contributed by atoms with Crippen LogP contribution >= 0.6 is 0 Å². The van der Waals surface area contributed by atoms with Crippen molar-refractivity contribution in [2.75, 3.05) is 31.6 Å². The minimum atomic E-state index is -0.250. The molecule has 4 nitrogen and oxygen atoms in total. The predicted octanol–water partition coefficient (Wildman–Crippen LogP) is 3.96. The summed E-state index contributed by atoms with van der Waals surface area (Å²) in [5, 5.41) is 0. The summed E-state index contributed by atoms with van der Waals surface area (Å²) in [5.74, 6) is -0.250. The number of benzene rings is 2. The molecular formula is C22H28N2O2. The van der Waals surface area contributed by atoms with Crippen LogP contribution in [0.4, 0.5) is 5.69 Å². The SMILES string of the molecule is CCOC(=O)c1ccc(N2CCC(N(C)Cc3ccccc3)CC2)cc1. The Kier molecular flexibility index (Phi) is 6.29. The van der Waals surface area contributed by atoms with Crippen LogP contribution in [0.1, 0.15) is 35.7 Å². The average molecular weight is 352 g/mol. The Balaban J connectivity index is 1.52. The molecule has 1 aliphatic rings. The number of carbonyl (C=O) groups is 1. The van der Waals surface area contributed by atoms with Crippen molar-refractivity contribution in [3.8, 4) is 0 Å². The molecule has 1 aliphatic heterocycles. The van der Waals surface area contributed by atoms with Gasteiger partial charge < -0.3 is 9.64 Å². The van der Waals surface area contributed by atoms with Gasteiger partial charge in [0.05, 0.1) is 12.2 Å². The summed E-state index contributed by atoms with van der Waals surface area (Å²) in [5.41, 5.74) is 3.17. The predicted molar refractivity (Wildman–Crippen MR) is 106 cm³/mol. The fourth-order valence-corrected chi connectivity index (χ4v) is 3.59. The van der Waals surface area contributed by atoms with E-state index in [4.69, 9.17) is 4.74 Å². The molecule has 0 unspecified atom stereocenters. The first-order valence-corrected chi connectivity index (χ1v) is 9.43. The number of piperidine rings is 1. The summed E-state index contributed by atoms with van der Waals surface area (Å²) < 4.78 is 5.04. The van der Waals surface area contributed by atoms with Crippen LogP contribution in [-0.4, -0.2) is 43.7 Å².